The molecule has 0 heterocycles. The molecule has 3 rings (SSSR count). The molecule has 0 saturated heterocycles. The highest BCUT2D eigenvalue weighted by Crippen LogP contribution is 2.17. The molecule has 4 N–H and O–H groups in total. The molecule has 0 fully saturated rings. The fraction of sp³-hybridized carbons (Fsp3) is 0.222. The molecule has 0 spiro atoms. The summed E-state index contributed by atoms with van der Waals surface area (Å²) in [4.78, 5) is 36.4. The molecule has 0 aromatic heterocycles. The van der Waals surface area contributed by atoms with E-state index >= 15 is 0 Å². The number of amides is 3. The zero-order chi connectivity index (χ0) is 24.2. The highest BCUT2D eigenvalue weighted by Gasteiger charge is 2.07. The molecule has 3 aromatic carbocycles. The average Bonchev–Trinajstić information content (AvgIpc) is 2.83. The van der Waals surface area contributed by atoms with Crippen molar-refractivity contribution in [1.82, 2.24) is 0 Å². The van der Waals surface area contributed by atoms with Crippen LogP contribution in [-0.4, -0.2) is 24.3 Å². The van der Waals surface area contributed by atoms with E-state index in [2.05, 4.69) is 21.3 Å². The topological polar surface area (TPSA) is 99.3 Å². The van der Waals surface area contributed by atoms with Crippen molar-refractivity contribution >= 4 is 40.5 Å². The summed E-state index contributed by atoms with van der Waals surface area (Å²) in [5.74, 6) is -0.348. The zero-order valence-electron chi connectivity index (χ0n) is 19.3. The van der Waals surface area contributed by atoms with Gasteiger partial charge < -0.3 is 21.3 Å². The van der Waals surface area contributed by atoms with Crippen LogP contribution in [0.5, 0.6) is 0 Å². The Hall–Kier alpha value is -4.13. The molecule has 0 saturated carbocycles. The standard InChI is InChI=1S/C27H30N4O3/c1-2-8-25(32)29-23-13-7-14-24(18-23)31-27(34)19-28-21-11-6-12-22(17-21)30-26(33)16-15-20-9-4-3-5-10-20/h3-7,9-14,17-18,28H,2,8,15-16,19H2,1H3,(H,29,32)(H,30,33)(H,31,34). The Kier molecular flexibility index (Phi) is 9.22. The van der Waals surface area contributed by atoms with E-state index in [1.807, 2.05) is 55.5 Å². The quantitative estimate of drug-likeness (QED) is 0.323. The molecule has 3 aromatic rings. The Bertz CT molecular complexity index is 1120. The normalized spacial score (nSPS) is 10.3. The Balaban J connectivity index is 1.46. The Morgan fingerprint density at radius 2 is 1.15 bits per heavy atom. The number of anilines is 4. The molecule has 0 atom stereocenters. The second-order valence-corrected chi connectivity index (χ2v) is 7.90. The van der Waals surface area contributed by atoms with E-state index in [9.17, 15) is 14.4 Å². The summed E-state index contributed by atoms with van der Waals surface area (Å²) in [5, 5.41) is 11.6. The summed E-state index contributed by atoms with van der Waals surface area (Å²) in [6, 6.07) is 24.2. The van der Waals surface area contributed by atoms with Gasteiger partial charge in [-0.15, -0.1) is 0 Å². The van der Waals surface area contributed by atoms with Crippen LogP contribution in [0.1, 0.15) is 31.7 Å². The third-order valence-electron chi connectivity index (χ3n) is 4.99. The van der Waals surface area contributed by atoms with Gasteiger partial charge >= 0.3 is 0 Å². The lowest BCUT2D eigenvalue weighted by Gasteiger charge is -2.11. The lowest BCUT2D eigenvalue weighted by Crippen LogP contribution is -2.22. The summed E-state index contributed by atoms with van der Waals surface area (Å²) >= 11 is 0. The van der Waals surface area contributed by atoms with Gasteiger partial charge in [0.05, 0.1) is 6.54 Å². The van der Waals surface area contributed by atoms with Crippen molar-refractivity contribution in [2.45, 2.75) is 32.6 Å². The first-order chi connectivity index (χ1) is 16.5. The Morgan fingerprint density at radius 1 is 0.618 bits per heavy atom. The highest BCUT2D eigenvalue weighted by molar-refractivity contribution is 5.96. The van der Waals surface area contributed by atoms with Gasteiger partial charge in [-0.25, -0.2) is 0 Å². The summed E-state index contributed by atoms with van der Waals surface area (Å²) < 4.78 is 0. The zero-order valence-corrected chi connectivity index (χ0v) is 19.3. The predicted molar refractivity (Wildman–Crippen MR) is 137 cm³/mol. The number of aryl methyl sites for hydroxylation is 1. The summed E-state index contributed by atoms with van der Waals surface area (Å²) in [7, 11) is 0. The molecule has 7 nitrogen and oxygen atoms in total. The minimum absolute atomic E-state index is 0.0534. The van der Waals surface area contributed by atoms with Crippen LogP contribution in [0.4, 0.5) is 22.7 Å². The highest BCUT2D eigenvalue weighted by atomic mass is 16.2. The van der Waals surface area contributed by atoms with Crippen LogP contribution in [0.3, 0.4) is 0 Å². The Labute approximate surface area is 200 Å². The van der Waals surface area contributed by atoms with E-state index in [0.717, 1.165) is 17.7 Å². The number of rotatable bonds is 11. The van der Waals surface area contributed by atoms with E-state index in [4.69, 9.17) is 0 Å². The van der Waals surface area contributed by atoms with Gasteiger partial charge in [-0.05, 0) is 54.8 Å². The number of hydrogen-bond donors (Lipinski definition) is 4. The van der Waals surface area contributed by atoms with E-state index in [1.54, 1.807) is 30.3 Å². The van der Waals surface area contributed by atoms with Crippen molar-refractivity contribution in [3.05, 3.63) is 84.4 Å². The first-order valence-electron chi connectivity index (χ1n) is 11.4. The molecular formula is C27H30N4O3. The molecule has 0 radical (unpaired) electrons. The number of benzene rings is 3. The van der Waals surface area contributed by atoms with Crippen LogP contribution >= 0.6 is 0 Å². The fourth-order valence-corrected chi connectivity index (χ4v) is 3.35. The summed E-state index contributed by atoms with van der Waals surface area (Å²) in [6.45, 7) is 2.00. The van der Waals surface area contributed by atoms with Crippen LogP contribution in [0, 0.1) is 0 Å². The maximum absolute atomic E-state index is 12.4. The van der Waals surface area contributed by atoms with Crippen LogP contribution < -0.4 is 21.3 Å². The van der Waals surface area contributed by atoms with Crippen molar-refractivity contribution in [1.29, 1.82) is 0 Å². The van der Waals surface area contributed by atoms with Crippen LogP contribution in [0.15, 0.2) is 78.9 Å². The molecule has 0 aliphatic carbocycles. The van der Waals surface area contributed by atoms with Crippen molar-refractivity contribution < 1.29 is 14.4 Å². The van der Waals surface area contributed by atoms with E-state index in [-0.39, 0.29) is 24.3 Å². The van der Waals surface area contributed by atoms with Crippen molar-refractivity contribution in [2.24, 2.45) is 0 Å². The second kappa shape index (κ2) is 12.8. The maximum atomic E-state index is 12.4. The second-order valence-electron chi connectivity index (χ2n) is 7.90. The van der Waals surface area contributed by atoms with Gasteiger partial charge in [0.25, 0.3) is 0 Å². The van der Waals surface area contributed by atoms with Crippen LogP contribution in [0.25, 0.3) is 0 Å². The van der Waals surface area contributed by atoms with Gasteiger partial charge in [0.2, 0.25) is 17.7 Å². The number of carbonyl (C=O) groups is 3. The first-order valence-corrected chi connectivity index (χ1v) is 11.4. The molecule has 3 amide bonds. The van der Waals surface area contributed by atoms with Gasteiger partial charge in [0.1, 0.15) is 0 Å². The van der Waals surface area contributed by atoms with Gasteiger partial charge in [0, 0.05) is 35.6 Å². The van der Waals surface area contributed by atoms with Gasteiger partial charge in [0.15, 0.2) is 0 Å². The minimum Gasteiger partial charge on any atom is -0.376 e. The van der Waals surface area contributed by atoms with Gasteiger partial charge in [-0.1, -0.05) is 49.4 Å². The molecular weight excluding hydrogens is 428 g/mol. The molecule has 0 unspecified atom stereocenters. The molecule has 0 aliphatic rings. The third-order valence-corrected chi connectivity index (χ3v) is 4.99. The van der Waals surface area contributed by atoms with E-state index in [0.29, 0.717) is 36.3 Å². The SMILES string of the molecule is CCCC(=O)Nc1cccc(NC(=O)CNc2cccc(NC(=O)CCc3ccccc3)c2)c1. The lowest BCUT2D eigenvalue weighted by molar-refractivity contribution is -0.117. The van der Waals surface area contributed by atoms with E-state index < -0.39 is 0 Å². The van der Waals surface area contributed by atoms with E-state index in [1.165, 1.54) is 0 Å². The first kappa shape index (κ1) is 24.5. The van der Waals surface area contributed by atoms with Crippen molar-refractivity contribution in [2.75, 3.05) is 27.8 Å². The van der Waals surface area contributed by atoms with Gasteiger partial charge in [-0.3, -0.25) is 14.4 Å². The smallest absolute Gasteiger partial charge is 0.243 e. The summed E-state index contributed by atoms with van der Waals surface area (Å²) in [6.07, 6.45) is 2.29. The number of carbonyl (C=O) groups excluding carboxylic acids is 3. The molecule has 7 heteroatoms. The van der Waals surface area contributed by atoms with Crippen LogP contribution in [0.2, 0.25) is 0 Å². The monoisotopic (exact) mass is 458 g/mol. The lowest BCUT2D eigenvalue weighted by atomic mass is 10.1. The Morgan fingerprint density at radius 3 is 1.76 bits per heavy atom. The van der Waals surface area contributed by atoms with Crippen molar-refractivity contribution in [3.63, 3.8) is 0 Å². The van der Waals surface area contributed by atoms with Gasteiger partial charge in [-0.2, -0.15) is 0 Å². The molecule has 34 heavy (non-hydrogen) atoms. The largest absolute Gasteiger partial charge is 0.376 e. The molecule has 0 bridgehead atoms. The number of hydrogen-bond acceptors (Lipinski definition) is 4. The average molecular weight is 459 g/mol. The number of nitrogens with one attached hydrogen (secondary N) is 4. The fourth-order valence-electron chi connectivity index (χ4n) is 3.35. The van der Waals surface area contributed by atoms with Crippen LogP contribution in [-0.2, 0) is 20.8 Å². The molecule has 0 aliphatic heterocycles. The summed E-state index contributed by atoms with van der Waals surface area (Å²) in [5.41, 5.74) is 3.74. The molecule has 176 valence electrons. The maximum Gasteiger partial charge on any atom is 0.243 e. The third kappa shape index (κ3) is 8.43. The van der Waals surface area contributed by atoms with Crippen molar-refractivity contribution in [3.8, 4) is 0 Å². The predicted octanol–water partition coefficient (Wildman–Crippen LogP) is 5.05. The minimum atomic E-state index is -0.227.